The van der Waals surface area contributed by atoms with E-state index >= 15 is 0 Å². The minimum absolute atomic E-state index is 0.0184. The van der Waals surface area contributed by atoms with E-state index in [4.69, 9.17) is 9.47 Å². The van der Waals surface area contributed by atoms with Gasteiger partial charge in [-0.05, 0) is 23.6 Å². The number of nitrogens with one attached hydrogen (secondary N) is 2. The standard InChI is InChI=1S/C16H13N3O4S/c20-14(8-13-18-10-3-6-24-15(10)16(21)19-13)17-9-1-2-11-12(7-9)23-5-4-22-11/h1-3,6-7H,4-5,8H2,(H,17,20)(H,18,19,21). The van der Waals surface area contributed by atoms with Gasteiger partial charge in [-0.15, -0.1) is 11.3 Å². The SMILES string of the molecule is O=C(Cc1nc2ccsc2c(=O)[nH]1)Nc1ccc2c(c1)OCCO2. The Bertz CT molecular complexity index is 979. The number of H-pyrrole nitrogens is 1. The predicted molar refractivity (Wildman–Crippen MR) is 90.0 cm³/mol. The molecular formula is C16H13N3O4S. The highest BCUT2D eigenvalue weighted by molar-refractivity contribution is 7.17. The van der Waals surface area contributed by atoms with E-state index in [-0.39, 0.29) is 17.9 Å². The van der Waals surface area contributed by atoms with Crippen molar-refractivity contribution in [3.8, 4) is 11.5 Å². The highest BCUT2D eigenvalue weighted by Gasteiger charge is 2.14. The van der Waals surface area contributed by atoms with Crippen molar-refractivity contribution in [2.24, 2.45) is 0 Å². The molecule has 3 aromatic rings. The molecule has 24 heavy (non-hydrogen) atoms. The molecule has 7 nitrogen and oxygen atoms in total. The van der Waals surface area contributed by atoms with Crippen LogP contribution in [0.2, 0.25) is 0 Å². The predicted octanol–water partition coefficient (Wildman–Crippen LogP) is 1.94. The van der Waals surface area contributed by atoms with Crippen LogP contribution in [-0.2, 0) is 11.2 Å². The Balaban J connectivity index is 1.50. The first-order valence-electron chi connectivity index (χ1n) is 7.35. The number of amides is 1. The summed E-state index contributed by atoms with van der Waals surface area (Å²) in [6.07, 6.45) is -0.0184. The molecule has 1 amide bonds. The Morgan fingerprint density at radius 3 is 2.96 bits per heavy atom. The van der Waals surface area contributed by atoms with Crippen LogP contribution in [-0.4, -0.2) is 29.1 Å². The molecule has 122 valence electrons. The van der Waals surface area contributed by atoms with Crippen LogP contribution in [0.15, 0.2) is 34.4 Å². The summed E-state index contributed by atoms with van der Waals surface area (Å²) in [6, 6.07) is 6.97. The second-order valence-electron chi connectivity index (χ2n) is 5.23. The van der Waals surface area contributed by atoms with Gasteiger partial charge in [0.05, 0.1) is 11.9 Å². The number of anilines is 1. The van der Waals surface area contributed by atoms with Crippen molar-refractivity contribution in [3.05, 3.63) is 45.8 Å². The van der Waals surface area contributed by atoms with E-state index in [1.807, 2.05) is 0 Å². The lowest BCUT2D eigenvalue weighted by Gasteiger charge is -2.18. The molecule has 0 spiro atoms. The fraction of sp³-hybridized carbons (Fsp3) is 0.188. The molecular weight excluding hydrogens is 330 g/mol. The summed E-state index contributed by atoms with van der Waals surface area (Å²) in [5.41, 5.74) is 0.978. The molecule has 0 bridgehead atoms. The second-order valence-corrected chi connectivity index (χ2v) is 6.15. The number of ether oxygens (including phenoxy) is 2. The van der Waals surface area contributed by atoms with Gasteiger partial charge in [0.1, 0.15) is 23.7 Å². The lowest BCUT2D eigenvalue weighted by atomic mass is 10.2. The fourth-order valence-electron chi connectivity index (χ4n) is 2.48. The third-order valence-electron chi connectivity index (χ3n) is 3.52. The summed E-state index contributed by atoms with van der Waals surface area (Å²) >= 11 is 1.32. The summed E-state index contributed by atoms with van der Waals surface area (Å²) in [6.45, 7) is 0.999. The number of carbonyl (C=O) groups is 1. The molecule has 1 aliphatic rings. The molecule has 0 fully saturated rings. The van der Waals surface area contributed by atoms with Crippen LogP contribution < -0.4 is 20.3 Å². The Morgan fingerprint density at radius 2 is 2.08 bits per heavy atom. The van der Waals surface area contributed by atoms with Crippen LogP contribution in [0.25, 0.3) is 10.2 Å². The Labute approximate surface area is 140 Å². The highest BCUT2D eigenvalue weighted by Crippen LogP contribution is 2.32. The third-order valence-corrected chi connectivity index (χ3v) is 4.42. The molecule has 1 aliphatic heterocycles. The number of thiophene rings is 1. The number of fused-ring (bicyclic) bond motifs is 2. The summed E-state index contributed by atoms with van der Waals surface area (Å²) < 4.78 is 11.5. The maximum absolute atomic E-state index is 12.2. The van der Waals surface area contributed by atoms with E-state index in [0.29, 0.717) is 46.4 Å². The molecule has 2 aromatic heterocycles. The van der Waals surface area contributed by atoms with Gasteiger partial charge in [-0.2, -0.15) is 0 Å². The van der Waals surface area contributed by atoms with Gasteiger partial charge in [-0.1, -0.05) is 0 Å². The van der Waals surface area contributed by atoms with E-state index in [9.17, 15) is 9.59 Å². The lowest BCUT2D eigenvalue weighted by Crippen LogP contribution is -2.20. The average molecular weight is 343 g/mol. The van der Waals surface area contributed by atoms with Crippen LogP contribution in [0, 0.1) is 0 Å². The zero-order valence-electron chi connectivity index (χ0n) is 12.5. The zero-order chi connectivity index (χ0) is 16.5. The number of nitrogens with zero attached hydrogens (tertiary/aromatic N) is 1. The van der Waals surface area contributed by atoms with Crippen molar-refractivity contribution in [3.63, 3.8) is 0 Å². The second kappa shape index (κ2) is 5.97. The maximum atomic E-state index is 12.2. The molecule has 0 saturated heterocycles. The van der Waals surface area contributed by atoms with E-state index in [2.05, 4.69) is 15.3 Å². The van der Waals surface area contributed by atoms with Crippen LogP contribution in [0.1, 0.15) is 5.82 Å². The molecule has 4 rings (SSSR count). The molecule has 2 N–H and O–H groups in total. The molecule has 0 radical (unpaired) electrons. The fourth-order valence-corrected chi connectivity index (χ4v) is 3.21. The smallest absolute Gasteiger partial charge is 0.268 e. The molecule has 1 aromatic carbocycles. The summed E-state index contributed by atoms with van der Waals surface area (Å²) in [4.78, 5) is 31.0. The first-order chi connectivity index (χ1) is 11.7. The van der Waals surface area contributed by atoms with Crippen LogP contribution in [0.5, 0.6) is 11.5 Å². The molecule has 8 heteroatoms. The Hall–Kier alpha value is -2.87. The third kappa shape index (κ3) is 2.83. The summed E-state index contributed by atoms with van der Waals surface area (Å²) in [5.74, 6) is 1.32. The first kappa shape index (κ1) is 14.7. The van der Waals surface area contributed by atoms with Gasteiger partial charge in [-0.25, -0.2) is 4.98 Å². The number of carbonyl (C=O) groups excluding carboxylic acids is 1. The first-order valence-corrected chi connectivity index (χ1v) is 8.23. The van der Waals surface area contributed by atoms with E-state index in [1.54, 1.807) is 29.6 Å². The van der Waals surface area contributed by atoms with Gasteiger partial charge in [0, 0.05) is 11.8 Å². The maximum Gasteiger partial charge on any atom is 0.268 e. The number of benzene rings is 1. The van der Waals surface area contributed by atoms with Crippen LogP contribution in [0.3, 0.4) is 0 Å². The molecule has 0 aliphatic carbocycles. The number of hydrogen-bond acceptors (Lipinski definition) is 6. The molecule has 3 heterocycles. The minimum atomic E-state index is -0.274. The quantitative estimate of drug-likeness (QED) is 0.758. The molecule has 0 saturated carbocycles. The summed E-state index contributed by atoms with van der Waals surface area (Å²) in [5, 5.41) is 4.57. The van der Waals surface area contributed by atoms with E-state index in [1.165, 1.54) is 11.3 Å². The van der Waals surface area contributed by atoms with Gasteiger partial charge >= 0.3 is 0 Å². The van der Waals surface area contributed by atoms with E-state index < -0.39 is 0 Å². The van der Waals surface area contributed by atoms with Crippen LogP contribution in [0.4, 0.5) is 5.69 Å². The van der Waals surface area contributed by atoms with E-state index in [0.717, 1.165) is 0 Å². The van der Waals surface area contributed by atoms with Crippen molar-refractivity contribution in [1.82, 2.24) is 9.97 Å². The van der Waals surface area contributed by atoms with Gasteiger partial charge in [0.25, 0.3) is 5.56 Å². The molecule has 0 unspecified atom stereocenters. The molecule has 0 atom stereocenters. The van der Waals surface area contributed by atoms with Crippen LogP contribution >= 0.6 is 11.3 Å². The largest absolute Gasteiger partial charge is 0.486 e. The normalized spacial score (nSPS) is 13.0. The van der Waals surface area contributed by atoms with Gasteiger partial charge in [0.2, 0.25) is 5.91 Å². The van der Waals surface area contributed by atoms with Crippen molar-refractivity contribution >= 4 is 33.1 Å². The monoisotopic (exact) mass is 343 g/mol. The number of hydrogen-bond donors (Lipinski definition) is 2. The van der Waals surface area contributed by atoms with Gasteiger partial charge in [-0.3, -0.25) is 9.59 Å². The zero-order valence-corrected chi connectivity index (χ0v) is 13.3. The lowest BCUT2D eigenvalue weighted by molar-refractivity contribution is -0.115. The number of aromatic nitrogens is 2. The number of aromatic amines is 1. The van der Waals surface area contributed by atoms with Crippen molar-refractivity contribution in [1.29, 1.82) is 0 Å². The average Bonchev–Trinajstić information content (AvgIpc) is 3.03. The highest BCUT2D eigenvalue weighted by atomic mass is 32.1. The Morgan fingerprint density at radius 1 is 1.25 bits per heavy atom. The summed E-state index contributed by atoms with van der Waals surface area (Å²) in [7, 11) is 0. The Kier molecular flexibility index (Phi) is 3.66. The van der Waals surface area contributed by atoms with Crippen molar-refractivity contribution in [2.45, 2.75) is 6.42 Å². The van der Waals surface area contributed by atoms with Crippen molar-refractivity contribution < 1.29 is 14.3 Å². The minimum Gasteiger partial charge on any atom is -0.486 e. The van der Waals surface area contributed by atoms with Gasteiger partial charge in [0.15, 0.2) is 11.5 Å². The van der Waals surface area contributed by atoms with Gasteiger partial charge < -0.3 is 19.8 Å². The van der Waals surface area contributed by atoms with Crippen molar-refractivity contribution in [2.75, 3.05) is 18.5 Å². The number of rotatable bonds is 3. The topological polar surface area (TPSA) is 93.3 Å².